The van der Waals surface area contributed by atoms with Crippen LogP contribution in [0.15, 0.2) is 59.8 Å². The summed E-state index contributed by atoms with van der Waals surface area (Å²) < 4.78 is 0. The lowest BCUT2D eigenvalue weighted by atomic mass is 9.99. The smallest absolute Gasteiger partial charge is 0.0230 e. The molecular formula is C14H20. The van der Waals surface area contributed by atoms with Crippen molar-refractivity contribution >= 4 is 0 Å². The molecule has 0 heterocycles. The third-order valence-electron chi connectivity index (χ3n) is 2.25. The van der Waals surface area contributed by atoms with Gasteiger partial charge in [0.15, 0.2) is 0 Å². The molecule has 0 bridgehead atoms. The third kappa shape index (κ3) is 3.61. The highest BCUT2D eigenvalue weighted by molar-refractivity contribution is 5.50. The minimum absolute atomic E-state index is 1.05. The van der Waals surface area contributed by atoms with Gasteiger partial charge in [-0.15, -0.1) is 0 Å². The molecule has 0 saturated carbocycles. The van der Waals surface area contributed by atoms with Crippen molar-refractivity contribution in [2.75, 3.05) is 0 Å². The van der Waals surface area contributed by atoms with Crippen molar-refractivity contribution in [2.45, 2.75) is 27.7 Å². The molecule has 0 aliphatic carbocycles. The Morgan fingerprint density at radius 1 is 1.07 bits per heavy atom. The summed E-state index contributed by atoms with van der Waals surface area (Å²) in [5.74, 6) is 0. The molecule has 14 heavy (non-hydrogen) atoms. The first-order chi connectivity index (χ1) is 6.56. The largest absolute Gasteiger partial charge is 0.0985 e. The first-order valence-electron chi connectivity index (χ1n) is 4.86. The molecule has 0 fully saturated rings. The van der Waals surface area contributed by atoms with Crippen molar-refractivity contribution in [3.8, 4) is 0 Å². The third-order valence-corrected chi connectivity index (χ3v) is 2.25. The van der Waals surface area contributed by atoms with Crippen molar-refractivity contribution in [3.05, 3.63) is 59.8 Å². The van der Waals surface area contributed by atoms with Crippen LogP contribution in [0.25, 0.3) is 0 Å². The van der Waals surface area contributed by atoms with Crippen molar-refractivity contribution in [3.63, 3.8) is 0 Å². The maximum absolute atomic E-state index is 4.05. The lowest BCUT2D eigenvalue weighted by molar-refractivity contribution is 1.34. The zero-order valence-electron chi connectivity index (χ0n) is 9.72. The van der Waals surface area contributed by atoms with Crippen molar-refractivity contribution in [1.29, 1.82) is 0 Å². The van der Waals surface area contributed by atoms with Crippen LogP contribution in [0.5, 0.6) is 0 Å². The molecule has 0 aliphatic heterocycles. The second-order valence-corrected chi connectivity index (χ2v) is 3.29. The molecule has 0 heteroatoms. The average Bonchev–Trinajstić information content (AvgIpc) is 2.19. The summed E-state index contributed by atoms with van der Waals surface area (Å²) in [4.78, 5) is 0. The van der Waals surface area contributed by atoms with Crippen LogP contribution in [0, 0.1) is 0 Å². The van der Waals surface area contributed by atoms with Crippen molar-refractivity contribution < 1.29 is 0 Å². The van der Waals surface area contributed by atoms with Crippen LogP contribution in [0.4, 0.5) is 0 Å². The number of hydrogen-bond acceptors (Lipinski definition) is 0. The van der Waals surface area contributed by atoms with Crippen LogP contribution in [-0.2, 0) is 0 Å². The van der Waals surface area contributed by atoms with E-state index in [1.807, 2.05) is 26.0 Å². The molecule has 0 radical (unpaired) electrons. The summed E-state index contributed by atoms with van der Waals surface area (Å²) in [5, 5.41) is 0. The van der Waals surface area contributed by atoms with E-state index in [1.54, 1.807) is 0 Å². The van der Waals surface area contributed by atoms with E-state index in [2.05, 4.69) is 39.2 Å². The summed E-state index contributed by atoms with van der Waals surface area (Å²) >= 11 is 0. The van der Waals surface area contributed by atoms with Gasteiger partial charge in [0.05, 0.1) is 0 Å². The molecule has 0 rings (SSSR count). The molecule has 76 valence electrons. The van der Waals surface area contributed by atoms with Crippen LogP contribution < -0.4 is 0 Å². The van der Waals surface area contributed by atoms with Crippen LogP contribution in [0.3, 0.4) is 0 Å². The predicted octanol–water partition coefficient (Wildman–Crippen LogP) is 4.59. The van der Waals surface area contributed by atoms with Crippen molar-refractivity contribution in [1.82, 2.24) is 0 Å². The highest BCUT2D eigenvalue weighted by Gasteiger charge is 1.99. The first kappa shape index (κ1) is 12.7. The van der Waals surface area contributed by atoms with E-state index in [1.165, 1.54) is 11.1 Å². The molecule has 0 N–H and O–H groups in total. The monoisotopic (exact) mass is 188 g/mol. The molecule has 0 atom stereocenters. The average molecular weight is 188 g/mol. The fourth-order valence-electron chi connectivity index (χ4n) is 1.15. The van der Waals surface area contributed by atoms with E-state index in [-0.39, 0.29) is 0 Å². The number of rotatable bonds is 4. The van der Waals surface area contributed by atoms with Gasteiger partial charge in [-0.3, -0.25) is 0 Å². The lowest BCUT2D eigenvalue weighted by Gasteiger charge is -2.06. The van der Waals surface area contributed by atoms with Gasteiger partial charge in [-0.05, 0) is 44.4 Å². The summed E-state index contributed by atoms with van der Waals surface area (Å²) in [6, 6.07) is 0. The molecule has 0 aliphatic rings. The second-order valence-electron chi connectivity index (χ2n) is 3.29. The van der Waals surface area contributed by atoms with Gasteiger partial charge < -0.3 is 0 Å². The van der Waals surface area contributed by atoms with Gasteiger partial charge in [-0.2, -0.15) is 0 Å². The number of allylic oxidation sites excluding steroid dienone is 8. The Bertz CT molecular complexity index is 309. The summed E-state index contributed by atoms with van der Waals surface area (Å²) in [6.45, 7) is 16.0. The maximum Gasteiger partial charge on any atom is -0.0230 e. The van der Waals surface area contributed by atoms with Crippen LogP contribution in [0.1, 0.15) is 27.7 Å². The van der Waals surface area contributed by atoms with E-state index in [9.17, 15) is 0 Å². The van der Waals surface area contributed by atoms with E-state index < -0.39 is 0 Å². The first-order valence-corrected chi connectivity index (χ1v) is 4.86. The molecule has 0 aromatic carbocycles. The summed E-state index contributed by atoms with van der Waals surface area (Å²) in [7, 11) is 0. The minimum Gasteiger partial charge on any atom is -0.0985 e. The zero-order chi connectivity index (χ0) is 11.1. The Kier molecular flexibility index (Phi) is 5.62. The molecule has 0 unspecified atom stereocenters. The molecule has 0 nitrogen and oxygen atoms in total. The Balaban J connectivity index is 4.88. The Hall–Kier alpha value is -1.30. The highest BCUT2D eigenvalue weighted by atomic mass is 14.0. The van der Waals surface area contributed by atoms with Crippen LogP contribution >= 0.6 is 0 Å². The van der Waals surface area contributed by atoms with Crippen LogP contribution in [-0.4, -0.2) is 0 Å². The molecular weight excluding hydrogens is 168 g/mol. The van der Waals surface area contributed by atoms with Gasteiger partial charge in [-0.1, -0.05) is 43.0 Å². The van der Waals surface area contributed by atoms with Gasteiger partial charge in [0.1, 0.15) is 0 Å². The number of hydrogen-bond donors (Lipinski definition) is 0. The summed E-state index contributed by atoms with van der Waals surface area (Å²) in [6.07, 6.45) is 8.08. The van der Waals surface area contributed by atoms with Gasteiger partial charge in [-0.25, -0.2) is 0 Å². The van der Waals surface area contributed by atoms with Gasteiger partial charge in [0.25, 0.3) is 0 Å². The van der Waals surface area contributed by atoms with E-state index in [0.717, 1.165) is 11.1 Å². The topological polar surface area (TPSA) is 0 Å². The fraction of sp³-hybridized carbons (Fsp3) is 0.286. The SMILES string of the molecule is C=C/C(=C/C)C(=C)/C(C)=C\C(C)=C/C. The van der Waals surface area contributed by atoms with Crippen molar-refractivity contribution in [2.24, 2.45) is 0 Å². The Morgan fingerprint density at radius 2 is 1.64 bits per heavy atom. The zero-order valence-corrected chi connectivity index (χ0v) is 9.72. The maximum atomic E-state index is 4.05. The second kappa shape index (κ2) is 6.20. The van der Waals surface area contributed by atoms with E-state index in [4.69, 9.17) is 0 Å². The normalized spacial score (nSPS) is 14.1. The quantitative estimate of drug-likeness (QED) is 0.566. The van der Waals surface area contributed by atoms with Gasteiger partial charge >= 0.3 is 0 Å². The van der Waals surface area contributed by atoms with E-state index in [0.29, 0.717) is 0 Å². The lowest BCUT2D eigenvalue weighted by Crippen LogP contribution is -1.87. The standard InChI is InChI=1S/C14H20/c1-7-11(4)10-12(5)13(6)14(8-2)9-3/h7-10H,2,6H2,1,3-5H3/b11-7-,12-10-,14-9-. The fourth-order valence-corrected chi connectivity index (χ4v) is 1.15. The van der Waals surface area contributed by atoms with E-state index >= 15 is 0 Å². The highest BCUT2D eigenvalue weighted by Crippen LogP contribution is 2.19. The predicted molar refractivity (Wildman–Crippen MR) is 66.3 cm³/mol. The Labute approximate surface area is 88.0 Å². The molecule has 0 amide bonds. The summed E-state index contributed by atoms with van der Waals surface area (Å²) in [5.41, 5.74) is 4.59. The minimum atomic E-state index is 1.05. The van der Waals surface area contributed by atoms with Gasteiger partial charge in [0, 0.05) is 0 Å². The Morgan fingerprint density at radius 3 is 2.00 bits per heavy atom. The molecule has 0 aromatic rings. The van der Waals surface area contributed by atoms with Crippen LogP contribution in [0.2, 0.25) is 0 Å². The van der Waals surface area contributed by atoms with Gasteiger partial charge in [0.2, 0.25) is 0 Å². The molecule has 0 aromatic heterocycles. The molecule has 0 spiro atoms. The molecule has 0 saturated heterocycles.